The van der Waals surface area contributed by atoms with Crippen LogP contribution in [-0.4, -0.2) is 65.8 Å². The van der Waals surface area contributed by atoms with Gasteiger partial charge in [-0.25, -0.2) is 4.39 Å². The van der Waals surface area contributed by atoms with E-state index in [1.54, 1.807) is 13.0 Å². The van der Waals surface area contributed by atoms with Gasteiger partial charge in [0.1, 0.15) is 5.82 Å². The van der Waals surface area contributed by atoms with Gasteiger partial charge in [0.15, 0.2) is 0 Å². The van der Waals surface area contributed by atoms with E-state index >= 15 is 0 Å². The number of likely N-dealkylation sites (N-methyl/N-ethyl adjacent to an activating group) is 1. The number of hydrogen-bond donors (Lipinski definition) is 0. The Morgan fingerprint density at radius 3 is 2.54 bits per heavy atom. The highest BCUT2D eigenvalue weighted by molar-refractivity contribution is 5.78. The number of fused-ring (bicyclic) bond motifs is 1. The van der Waals surface area contributed by atoms with Crippen molar-refractivity contribution in [2.45, 2.75) is 26.8 Å². The lowest BCUT2D eigenvalue weighted by molar-refractivity contribution is -0.133. The van der Waals surface area contributed by atoms with Crippen LogP contribution in [0.4, 0.5) is 4.39 Å². The molecule has 2 aliphatic heterocycles. The smallest absolute Gasteiger partial charge is 0.236 e. The average Bonchev–Trinajstić information content (AvgIpc) is 3.12. The van der Waals surface area contributed by atoms with Crippen LogP contribution in [0.25, 0.3) is 0 Å². The zero-order chi connectivity index (χ0) is 18.8. The van der Waals surface area contributed by atoms with E-state index in [-0.39, 0.29) is 29.6 Å². The number of carbonyl (C=O) groups is 2. The highest BCUT2D eigenvalue weighted by atomic mass is 19.1. The lowest BCUT2D eigenvalue weighted by atomic mass is 9.89. The summed E-state index contributed by atoms with van der Waals surface area (Å²) >= 11 is 0. The number of benzene rings is 1. The Labute approximate surface area is 154 Å². The molecule has 6 heteroatoms. The van der Waals surface area contributed by atoms with Crippen LogP contribution in [0.1, 0.15) is 32.4 Å². The summed E-state index contributed by atoms with van der Waals surface area (Å²) in [6, 6.07) is 6.45. The van der Waals surface area contributed by atoms with E-state index in [1.165, 1.54) is 12.1 Å². The van der Waals surface area contributed by atoms with Crippen LogP contribution in [0.15, 0.2) is 24.3 Å². The van der Waals surface area contributed by atoms with Gasteiger partial charge in [0.25, 0.3) is 0 Å². The largest absolute Gasteiger partial charge is 0.342 e. The fraction of sp³-hybridized carbons (Fsp3) is 0.600. The van der Waals surface area contributed by atoms with Crippen LogP contribution in [0, 0.1) is 17.7 Å². The predicted octanol–water partition coefficient (Wildman–Crippen LogP) is 2.15. The monoisotopic (exact) mass is 361 g/mol. The third-order valence-corrected chi connectivity index (χ3v) is 5.81. The van der Waals surface area contributed by atoms with Crippen molar-refractivity contribution in [2.75, 3.05) is 39.3 Å². The number of amides is 2. The quantitative estimate of drug-likeness (QED) is 0.807. The molecule has 0 N–H and O–H groups in total. The molecule has 0 bridgehead atoms. The van der Waals surface area contributed by atoms with Crippen LogP contribution in [0.5, 0.6) is 0 Å². The van der Waals surface area contributed by atoms with Gasteiger partial charge in [-0.05, 0) is 37.5 Å². The fourth-order valence-corrected chi connectivity index (χ4v) is 4.58. The summed E-state index contributed by atoms with van der Waals surface area (Å²) in [5.74, 6) is 0.475. The lowest BCUT2D eigenvalue weighted by Gasteiger charge is -2.29. The van der Waals surface area contributed by atoms with Crippen molar-refractivity contribution < 1.29 is 14.0 Å². The lowest BCUT2D eigenvalue weighted by Crippen LogP contribution is -2.41. The molecule has 1 aromatic rings. The van der Waals surface area contributed by atoms with E-state index in [9.17, 15) is 14.0 Å². The van der Waals surface area contributed by atoms with Gasteiger partial charge in [0.05, 0.1) is 12.6 Å². The topological polar surface area (TPSA) is 43.9 Å². The van der Waals surface area contributed by atoms with Crippen LogP contribution in [0.3, 0.4) is 0 Å². The van der Waals surface area contributed by atoms with Crippen molar-refractivity contribution >= 4 is 11.8 Å². The number of carbonyl (C=O) groups excluding carboxylic acids is 2. The molecule has 0 saturated carbocycles. The van der Waals surface area contributed by atoms with E-state index in [1.807, 2.05) is 29.7 Å². The first kappa shape index (κ1) is 18.8. The van der Waals surface area contributed by atoms with Crippen molar-refractivity contribution in [1.29, 1.82) is 0 Å². The summed E-state index contributed by atoms with van der Waals surface area (Å²) in [6.45, 7) is 9.68. The zero-order valence-corrected chi connectivity index (χ0v) is 15.8. The Morgan fingerprint density at radius 2 is 1.92 bits per heavy atom. The fourth-order valence-electron chi connectivity index (χ4n) is 4.58. The Morgan fingerprint density at radius 1 is 1.19 bits per heavy atom. The molecule has 142 valence electrons. The van der Waals surface area contributed by atoms with E-state index < -0.39 is 0 Å². The minimum atomic E-state index is -0.277. The first-order valence-electron chi connectivity index (χ1n) is 9.47. The average molecular weight is 361 g/mol. The molecule has 2 heterocycles. The standard InChI is InChI=1S/C20H28FN3O2/c1-4-23(5-2)19(26)13-22-10-16-11-24(14(3)25)20(18(16)12-22)15-7-6-8-17(21)9-15/h6-9,16,18,20H,4-5,10-13H2,1-3H3/t16-,18-,20-/m1/s1. The van der Waals surface area contributed by atoms with E-state index in [4.69, 9.17) is 0 Å². The Kier molecular flexibility index (Phi) is 5.61. The highest BCUT2D eigenvalue weighted by Crippen LogP contribution is 2.45. The second-order valence-corrected chi connectivity index (χ2v) is 7.36. The van der Waals surface area contributed by atoms with Crippen molar-refractivity contribution in [1.82, 2.24) is 14.7 Å². The molecule has 0 aliphatic carbocycles. The first-order valence-corrected chi connectivity index (χ1v) is 9.47. The van der Waals surface area contributed by atoms with Gasteiger partial charge < -0.3 is 9.80 Å². The molecule has 0 spiro atoms. The van der Waals surface area contributed by atoms with Crippen molar-refractivity contribution in [2.24, 2.45) is 11.8 Å². The van der Waals surface area contributed by atoms with Gasteiger partial charge >= 0.3 is 0 Å². The molecule has 0 aromatic heterocycles. The third-order valence-electron chi connectivity index (χ3n) is 5.81. The minimum absolute atomic E-state index is 0.0272. The Hall–Kier alpha value is -1.95. The predicted molar refractivity (Wildman–Crippen MR) is 97.9 cm³/mol. The molecule has 0 unspecified atom stereocenters. The van der Waals surface area contributed by atoms with Crippen molar-refractivity contribution in [3.05, 3.63) is 35.6 Å². The molecule has 2 amide bonds. The van der Waals surface area contributed by atoms with Gasteiger partial charge in [-0.15, -0.1) is 0 Å². The number of rotatable bonds is 5. The van der Waals surface area contributed by atoms with Crippen molar-refractivity contribution in [3.63, 3.8) is 0 Å². The molecule has 0 radical (unpaired) electrons. The molecule has 5 nitrogen and oxygen atoms in total. The van der Waals surface area contributed by atoms with Gasteiger partial charge in [-0.1, -0.05) is 12.1 Å². The highest BCUT2D eigenvalue weighted by Gasteiger charge is 2.48. The second-order valence-electron chi connectivity index (χ2n) is 7.36. The van der Waals surface area contributed by atoms with Crippen LogP contribution >= 0.6 is 0 Å². The summed E-state index contributed by atoms with van der Waals surface area (Å²) in [7, 11) is 0. The molecule has 26 heavy (non-hydrogen) atoms. The first-order chi connectivity index (χ1) is 12.4. The molecule has 2 fully saturated rings. The molecule has 1 aromatic carbocycles. The zero-order valence-electron chi connectivity index (χ0n) is 15.8. The summed E-state index contributed by atoms with van der Waals surface area (Å²) in [4.78, 5) is 30.5. The summed E-state index contributed by atoms with van der Waals surface area (Å²) in [5.41, 5.74) is 0.851. The van der Waals surface area contributed by atoms with Gasteiger partial charge in [0.2, 0.25) is 11.8 Å². The molecule has 2 aliphatic rings. The summed E-state index contributed by atoms with van der Waals surface area (Å²) in [5, 5.41) is 0. The second kappa shape index (κ2) is 7.74. The third kappa shape index (κ3) is 3.61. The van der Waals surface area contributed by atoms with Crippen LogP contribution in [-0.2, 0) is 9.59 Å². The summed E-state index contributed by atoms with van der Waals surface area (Å²) in [6.07, 6.45) is 0. The van der Waals surface area contributed by atoms with E-state index in [2.05, 4.69) is 4.90 Å². The van der Waals surface area contributed by atoms with Gasteiger partial charge in [-0.3, -0.25) is 14.5 Å². The van der Waals surface area contributed by atoms with Crippen LogP contribution < -0.4 is 0 Å². The van der Waals surface area contributed by atoms with Gasteiger partial charge in [-0.2, -0.15) is 0 Å². The summed E-state index contributed by atoms with van der Waals surface area (Å²) < 4.78 is 13.7. The number of nitrogens with zero attached hydrogens (tertiary/aromatic N) is 3. The molecular formula is C20H28FN3O2. The van der Waals surface area contributed by atoms with Crippen LogP contribution in [0.2, 0.25) is 0 Å². The number of hydrogen-bond acceptors (Lipinski definition) is 3. The van der Waals surface area contributed by atoms with E-state index in [0.717, 1.165) is 31.7 Å². The normalized spacial score (nSPS) is 25.4. The molecular weight excluding hydrogens is 333 g/mol. The maximum Gasteiger partial charge on any atom is 0.236 e. The van der Waals surface area contributed by atoms with E-state index in [0.29, 0.717) is 19.0 Å². The van der Waals surface area contributed by atoms with Crippen molar-refractivity contribution in [3.8, 4) is 0 Å². The maximum atomic E-state index is 13.7. The van der Waals surface area contributed by atoms with Gasteiger partial charge in [0, 0.05) is 45.6 Å². The SMILES string of the molecule is CCN(CC)C(=O)CN1C[C@@H]2CN(C(C)=O)[C@H](c3cccc(F)c3)[C@@H]2C1. The number of likely N-dealkylation sites (tertiary alicyclic amines) is 2. The maximum absolute atomic E-state index is 13.7. The Bertz CT molecular complexity index is 677. The molecule has 3 rings (SSSR count). The molecule has 3 atom stereocenters. The minimum Gasteiger partial charge on any atom is -0.342 e. The Balaban J connectivity index is 1.76. The molecule has 2 saturated heterocycles. The number of halogens is 1.